The van der Waals surface area contributed by atoms with E-state index >= 15 is 0 Å². The van der Waals surface area contributed by atoms with E-state index in [0.717, 1.165) is 5.75 Å². The Morgan fingerprint density at radius 1 is 1.50 bits per heavy atom. The summed E-state index contributed by atoms with van der Waals surface area (Å²) in [7, 11) is -3.58. The van der Waals surface area contributed by atoms with Crippen LogP contribution >= 0.6 is 11.8 Å². The lowest BCUT2D eigenvalue weighted by Gasteiger charge is -2.36. The van der Waals surface area contributed by atoms with Gasteiger partial charge in [-0.3, -0.25) is 0 Å². The third-order valence-corrected chi connectivity index (χ3v) is 5.89. The van der Waals surface area contributed by atoms with E-state index < -0.39 is 10.0 Å². The van der Waals surface area contributed by atoms with Crippen molar-refractivity contribution in [2.45, 2.75) is 23.6 Å². The molecule has 1 aliphatic heterocycles. The van der Waals surface area contributed by atoms with E-state index in [1.165, 1.54) is 10.5 Å². The third-order valence-electron chi connectivity index (χ3n) is 2.78. The van der Waals surface area contributed by atoms with Gasteiger partial charge in [-0.05, 0) is 26.0 Å². The standard InChI is InChI=1S/C11H17N3O2S2/c1-11(2)8-14(6-7-17-11)18(15,16)10-9(12)4-3-5-13-10/h3-5H,6-8,12H2,1-2H3. The van der Waals surface area contributed by atoms with Gasteiger partial charge in [-0.2, -0.15) is 16.1 Å². The maximum Gasteiger partial charge on any atom is 0.262 e. The zero-order chi connectivity index (χ0) is 13.4. The molecule has 0 saturated carbocycles. The van der Waals surface area contributed by atoms with Gasteiger partial charge in [0.2, 0.25) is 0 Å². The molecule has 0 aromatic carbocycles. The number of hydrogen-bond acceptors (Lipinski definition) is 5. The molecule has 7 heteroatoms. The van der Waals surface area contributed by atoms with Crippen molar-refractivity contribution in [1.29, 1.82) is 0 Å². The second kappa shape index (κ2) is 4.71. The lowest BCUT2D eigenvalue weighted by Crippen LogP contribution is -2.46. The van der Waals surface area contributed by atoms with E-state index in [1.807, 2.05) is 13.8 Å². The van der Waals surface area contributed by atoms with E-state index in [0.29, 0.717) is 13.1 Å². The van der Waals surface area contributed by atoms with E-state index in [1.54, 1.807) is 23.9 Å². The van der Waals surface area contributed by atoms with Crippen molar-refractivity contribution in [3.8, 4) is 0 Å². The van der Waals surface area contributed by atoms with Gasteiger partial charge in [0.15, 0.2) is 5.03 Å². The van der Waals surface area contributed by atoms with Crippen LogP contribution < -0.4 is 5.73 Å². The minimum atomic E-state index is -3.58. The van der Waals surface area contributed by atoms with Crippen LogP contribution in [0.15, 0.2) is 23.4 Å². The van der Waals surface area contributed by atoms with Crippen molar-refractivity contribution in [3.05, 3.63) is 18.3 Å². The first kappa shape index (κ1) is 13.6. The van der Waals surface area contributed by atoms with E-state index in [4.69, 9.17) is 5.73 Å². The summed E-state index contributed by atoms with van der Waals surface area (Å²) in [5, 5.41) is -0.0345. The second-order valence-corrected chi connectivity index (χ2v) is 8.50. The zero-order valence-electron chi connectivity index (χ0n) is 10.5. The molecular formula is C11H17N3O2S2. The lowest BCUT2D eigenvalue weighted by molar-refractivity contribution is 0.386. The number of aromatic nitrogens is 1. The van der Waals surface area contributed by atoms with Gasteiger partial charge in [0.25, 0.3) is 10.0 Å². The van der Waals surface area contributed by atoms with Crippen LogP contribution in [0.2, 0.25) is 0 Å². The molecule has 5 nitrogen and oxygen atoms in total. The van der Waals surface area contributed by atoms with Gasteiger partial charge in [0, 0.05) is 29.8 Å². The summed E-state index contributed by atoms with van der Waals surface area (Å²) in [6.07, 6.45) is 1.45. The molecule has 0 atom stereocenters. The SMILES string of the molecule is CC1(C)CN(S(=O)(=O)c2ncccc2N)CCS1. The molecular weight excluding hydrogens is 270 g/mol. The smallest absolute Gasteiger partial charge is 0.262 e. The maximum absolute atomic E-state index is 12.5. The number of pyridine rings is 1. The molecule has 0 spiro atoms. The van der Waals surface area contributed by atoms with Gasteiger partial charge in [0.05, 0.1) is 5.69 Å². The summed E-state index contributed by atoms with van der Waals surface area (Å²) >= 11 is 1.78. The Labute approximate surface area is 112 Å². The van der Waals surface area contributed by atoms with Gasteiger partial charge in [-0.1, -0.05) is 0 Å². The van der Waals surface area contributed by atoms with Crippen molar-refractivity contribution in [2.75, 3.05) is 24.6 Å². The Morgan fingerprint density at radius 3 is 2.83 bits per heavy atom. The summed E-state index contributed by atoms with van der Waals surface area (Å²) in [5.74, 6) is 0.791. The highest BCUT2D eigenvalue weighted by molar-refractivity contribution is 8.00. The molecule has 0 radical (unpaired) electrons. The molecule has 100 valence electrons. The summed E-state index contributed by atoms with van der Waals surface area (Å²) in [4.78, 5) is 3.91. The summed E-state index contributed by atoms with van der Waals surface area (Å²) in [6, 6.07) is 3.19. The number of nitrogen functional groups attached to an aromatic ring is 1. The highest BCUT2D eigenvalue weighted by Crippen LogP contribution is 2.32. The van der Waals surface area contributed by atoms with E-state index in [9.17, 15) is 8.42 Å². The van der Waals surface area contributed by atoms with Crippen molar-refractivity contribution in [1.82, 2.24) is 9.29 Å². The first-order valence-corrected chi connectivity index (χ1v) is 8.10. The van der Waals surface area contributed by atoms with Crippen LogP contribution in [0.5, 0.6) is 0 Å². The van der Waals surface area contributed by atoms with Crippen LogP contribution in [0, 0.1) is 0 Å². The van der Waals surface area contributed by atoms with Crippen LogP contribution in [-0.4, -0.2) is 41.3 Å². The second-order valence-electron chi connectivity index (χ2n) is 4.84. The maximum atomic E-state index is 12.5. The van der Waals surface area contributed by atoms with Crippen LogP contribution in [0.25, 0.3) is 0 Å². The van der Waals surface area contributed by atoms with Crippen molar-refractivity contribution in [3.63, 3.8) is 0 Å². The molecule has 2 rings (SSSR count). The molecule has 2 heterocycles. The predicted molar refractivity (Wildman–Crippen MR) is 73.9 cm³/mol. The molecule has 2 N–H and O–H groups in total. The molecule has 1 fully saturated rings. The summed E-state index contributed by atoms with van der Waals surface area (Å²) in [6.45, 7) is 5.07. The van der Waals surface area contributed by atoms with Gasteiger partial charge in [0.1, 0.15) is 0 Å². The minimum absolute atomic E-state index is 0.0345. The highest BCUT2D eigenvalue weighted by atomic mass is 32.2. The fourth-order valence-electron chi connectivity index (χ4n) is 1.92. The van der Waals surface area contributed by atoms with Crippen LogP contribution in [0.1, 0.15) is 13.8 Å². The molecule has 1 saturated heterocycles. The first-order chi connectivity index (χ1) is 8.33. The van der Waals surface area contributed by atoms with Gasteiger partial charge < -0.3 is 5.73 Å². The quantitative estimate of drug-likeness (QED) is 0.884. The Bertz CT molecular complexity index is 543. The number of thioether (sulfide) groups is 1. The van der Waals surface area contributed by atoms with Crippen LogP contribution in [-0.2, 0) is 10.0 Å². The monoisotopic (exact) mass is 287 g/mol. The van der Waals surface area contributed by atoms with Crippen LogP contribution in [0.4, 0.5) is 5.69 Å². The van der Waals surface area contributed by atoms with Crippen molar-refractivity contribution >= 4 is 27.5 Å². The molecule has 1 aliphatic rings. The largest absolute Gasteiger partial charge is 0.396 e. The molecule has 18 heavy (non-hydrogen) atoms. The van der Waals surface area contributed by atoms with Crippen molar-refractivity contribution < 1.29 is 8.42 Å². The van der Waals surface area contributed by atoms with Gasteiger partial charge >= 0.3 is 0 Å². The number of nitrogens with zero attached hydrogens (tertiary/aromatic N) is 2. The van der Waals surface area contributed by atoms with E-state index in [2.05, 4.69) is 4.98 Å². The highest BCUT2D eigenvalue weighted by Gasteiger charge is 2.36. The average Bonchev–Trinajstić information content (AvgIpc) is 2.28. The number of nitrogens with two attached hydrogens (primary N) is 1. The molecule has 0 amide bonds. The number of anilines is 1. The Balaban J connectivity index is 2.35. The Kier molecular flexibility index (Phi) is 3.57. The summed E-state index contributed by atoms with van der Waals surface area (Å²) in [5.41, 5.74) is 5.91. The minimum Gasteiger partial charge on any atom is -0.396 e. The molecule has 1 aromatic rings. The van der Waals surface area contributed by atoms with Gasteiger partial charge in [-0.15, -0.1) is 0 Å². The van der Waals surface area contributed by atoms with Gasteiger partial charge in [-0.25, -0.2) is 13.4 Å². The number of hydrogen-bond donors (Lipinski definition) is 1. The molecule has 0 aliphatic carbocycles. The fourth-order valence-corrected chi connectivity index (χ4v) is 4.86. The number of rotatable bonds is 2. The average molecular weight is 287 g/mol. The lowest BCUT2D eigenvalue weighted by atomic mass is 10.2. The molecule has 1 aromatic heterocycles. The van der Waals surface area contributed by atoms with Crippen molar-refractivity contribution in [2.24, 2.45) is 0 Å². The predicted octanol–water partition coefficient (Wildman–Crippen LogP) is 1.18. The number of sulfonamides is 1. The Morgan fingerprint density at radius 2 is 2.22 bits per heavy atom. The Hall–Kier alpha value is -0.790. The fraction of sp³-hybridized carbons (Fsp3) is 0.545. The van der Waals surface area contributed by atoms with E-state index in [-0.39, 0.29) is 15.5 Å². The topological polar surface area (TPSA) is 76.3 Å². The molecule has 0 bridgehead atoms. The zero-order valence-corrected chi connectivity index (χ0v) is 12.1. The van der Waals surface area contributed by atoms with Crippen LogP contribution in [0.3, 0.4) is 0 Å². The third kappa shape index (κ3) is 2.62. The summed E-state index contributed by atoms with van der Waals surface area (Å²) < 4.78 is 26.3. The first-order valence-electron chi connectivity index (χ1n) is 5.67. The normalized spacial score (nSPS) is 20.8. The molecule has 0 unspecified atom stereocenters.